The minimum Gasteiger partial charge on any atom is -0.475 e. The Bertz CT molecular complexity index is 725. The lowest BCUT2D eigenvalue weighted by atomic mass is 9.81. The molecule has 3 saturated heterocycles. The molecule has 0 aliphatic carbocycles. The van der Waals surface area contributed by atoms with Crippen molar-refractivity contribution in [2.75, 3.05) is 52.6 Å². The van der Waals surface area contributed by atoms with Gasteiger partial charge in [-0.2, -0.15) is 13.2 Å². The van der Waals surface area contributed by atoms with E-state index in [1.54, 1.807) is 0 Å². The molecule has 3 atom stereocenters. The maximum Gasteiger partial charge on any atom is 0.490 e. The number of carbonyl (C=O) groups is 2. The monoisotopic (exact) mass is 464 g/mol. The number of likely N-dealkylation sites (tertiary alicyclic amines) is 1. The van der Waals surface area contributed by atoms with Gasteiger partial charge in [0.05, 0.1) is 26.4 Å². The number of carboxylic acids is 1. The number of amides is 1. The van der Waals surface area contributed by atoms with Crippen molar-refractivity contribution in [1.82, 2.24) is 9.80 Å². The fourth-order valence-electron chi connectivity index (χ4n) is 4.32. The zero-order valence-corrected chi connectivity index (χ0v) is 17.9. The van der Waals surface area contributed by atoms with Gasteiger partial charge in [0, 0.05) is 44.0 Å². The summed E-state index contributed by atoms with van der Waals surface area (Å²) >= 11 is 1.83. The lowest BCUT2D eigenvalue weighted by Gasteiger charge is -2.35. The van der Waals surface area contributed by atoms with Crippen LogP contribution in [0.3, 0.4) is 0 Å². The van der Waals surface area contributed by atoms with Crippen LogP contribution in [0.5, 0.6) is 0 Å². The number of fused-ring (bicyclic) bond motifs is 1. The van der Waals surface area contributed by atoms with Gasteiger partial charge in [0.2, 0.25) is 5.91 Å². The van der Waals surface area contributed by atoms with E-state index in [9.17, 15) is 18.0 Å². The van der Waals surface area contributed by atoms with Crippen LogP contribution >= 0.6 is 11.3 Å². The van der Waals surface area contributed by atoms with Crippen LogP contribution in [0, 0.1) is 17.8 Å². The Labute approximate surface area is 182 Å². The molecule has 174 valence electrons. The normalized spacial score (nSPS) is 26.7. The highest BCUT2D eigenvalue weighted by molar-refractivity contribution is 7.09. The van der Waals surface area contributed by atoms with Crippen LogP contribution in [0.15, 0.2) is 17.5 Å². The number of hydrogen-bond donors (Lipinski definition) is 1. The molecular weight excluding hydrogens is 437 g/mol. The number of rotatable bonds is 4. The number of aliphatic carboxylic acids is 1. The third kappa shape index (κ3) is 6.90. The van der Waals surface area contributed by atoms with Crippen molar-refractivity contribution in [1.29, 1.82) is 0 Å². The van der Waals surface area contributed by atoms with Crippen LogP contribution in [0.1, 0.15) is 11.3 Å². The summed E-state index contributed by atoms with van der Waals surface area (Å²) in [6.45, 7) is 7.67. The number of nitrogens with zero attached hydrogens (tertiary/aromatic N) is 2. The summed E-state index contributed by atoms with van der Waals surface area (Å²) in [6, 6.07) is 4.33. The van der Waals surface area contributed by atoms with Crippen LogP contribution in [0.4, 0.5) is 13.2 Å². The molecule has 1 aromatic heterocycles. The number of morpholine rings is 1. The fourth-order valence-corrected chi connectivity index (χ4v) is 5.07. The third-order valence-corrected chi connectivity index (χ3v) is 6.70. The van der Waals surface area contributed by atoms with Crippen LogP contribution in [-0.2, 0) is 25.6 Å². The largest absolute Gasteiger partial charge is 0.490 e. The second-order valence-electron chi connectivity index (χ2n) is 8.00. The second kappa shape index (κ2) is 10.8. The molecule has 1 aromatic rings. The van der Waals surface area contributed by atoms with Crippen molar-refractivity contribution in [3.63, 3.8) is 0 Å². The van der Waals surface area contributed by atoms with Crippen molar-refractivity contribution in [3.8, 4) is 0 Å². The fraction of sp³-hybridized carbons (Fsp3) is 0.700. The first-order chi connectivity index (χ1) is 14.7. The summed E-state index contributed by atoms with van der Waals surface area (Å²) in [4.78, 5) is 27.4. The number of carbonyl (C=O) groups excluding carboxylic acids is 1. The molecule has 0 radical (unpaired) electrons. The summed E-state index contributed by atoms with van der Waals surface area (Å²) in [5.74, 6) is -0.922. The first kappa shape index (κ1) is 24.0. The number of alkyl halides is 3. The number of ether oxygens (including phenoxy) is 2. The predicted octanol–water partition coefficient (Wildman–Crippen LogP) is 2.32. The maximum absolute atomic E-state index is 12.6. The van der Waals surface area contributed by atoms with Crippen LogP contribution < -0.4 is 0 Å². The lowest BCUT2D eigenvalue weighted by molar-refractivity contribution is -0.192. The van der Waals surface area contributed by atoms with E-state index in [1.165, 1.54) is 4.88 Å². The molecule has 0 aromatic carbocycles. The second-order valence-corrected chi connectivity index (χ2v) is 9.03. The summed E-state index contributed by atoms with van der Waals surface area (Å²) in [7, 11) is 0. The summed E-state index contributed by atoms with van der Waals surface area (Å²) in [6.07, 6.45) is -4.45. The topological polar surface area (TPSA) is 79.3 Å². The molecule has 3 fully saturated rings. The van der Waals surface area contributed by atoms with E-state index in [2.05, 4.69) is 22.4 Å². The van der Waals surface area contributed by atoms with E-state index >= 15 is 0 Å². The standard InChI is InChI=1S/C18H26N2O3S.C2HF3O2/c21-18(20-3-5-22-6-4-20)8-14-12-23-13-15-9-19(11-17(14)15)10-16-2-1-7-24-16;3-2(4,5)1(6)7/h1-2,7,14-15,17H,3-6,8-13H2;(H,6,7)/t14-,15-,17+;/m1./s1. The Kier molecular flexibility index (Phi) is 8.31. The molecule has 31 heavy (non-hydrogen) atoms. The molecule has 11 heteroatoms. The smallest absolute Gasteiger partial charge is 0.475 e. The number of hydrogen-bond acceptors (Lipinski definition) is 6. The minimum atomic E-state index is -5.08. The van der Waals surface area contributed by atoms with E-state index in [0.717, 1.165) is 45.9 Å². The van der Waals surface area contributed by atoms with Crippen molar-refractivity contribution in [2.24, 2.45) is 17.8 Å². The zero-order chi connectivity index (χ0) is 22.4. The Morgan fingerprint density at radius 3 is 2.48 bits per heavy atom. The zero-order valence-electron chi connectivity index (χ0n) is 17.1. The molecule has 3 aliphatic heterocycles. The molecular formula is C20H27F3N2O5S. The Morgan fingerprint density at radius 1 is 1.16 bits per heavy atom. The molecule has 7 nitrogen and oxygen atoms in total. The Morgan fingerprint density at radius 2 is 1.87 bits per heavy atom. The molecule has 1 amide bonds. The highest BCUT2D eigenvalue weighted by Crippen LogP contribution is 2.37. The number of halogens is 3. The van der Waals surface area contributed by atoms with Crippen molar-refractivity contribution in [3.05, 3.63) is 22.4 Å². The van der Waals surface area contributed by atoms with Gasteiger partial charge in [-0.25, -0.2) is 4.79 Å². The van der Waals surface area contributed by atoms with Gasteiger partial charge < -0.3 is 19.5 Å². The van der Waals surface area contributed by atoms with Crippen LogP contribution in [0.2, 0.25) is 0 Å². The molecule has 3 aliphatic rings. The molecule has 4 rings (SSSR count). The van der Waals surface area contributed by atoms with Gasteiger partial charge in [0.15, 0.2) is 0 Å². The SMILES string of the molecule is O=C(C[C@@H]1COC[C@H]2CN(Cc3cccs3)C[C@@H]12)N1CCOCC1.O=C(O)C(F)(F)F. The van der Waals surface area contributed by atoms with Gasteiger partial charge in [-0.1, -0.05) is 6.07 Å². The van der Waals surface area contributed by atoms with Gasteiger partial charge >= 0.3 is 12.1 Å². The molecule has 0 bridgehead atoms. The van der Waals surface area contributed by atoms with Crippen molar-refractivity contribution >= 4 is 23.2 Å². The van der Waals surface area contributed by atoms with Crippen molar-refractivity contribution < 1.29 is 37.3 Å². The van der Waals surface area contributed by atoms with E-state index < -0.39 is 12.1 Å². The Balaban J connectivity index is 0.000000339. The van der Waals surface area contributed by atoms with Gasteiger partial charge in [-0.15, -0.1) is 11.3 Å². The molecule has 4 heterocycles. The third-order valence-electron chi connectivity index (χ3n) is 5.84. The van der Waals surface area contributed by atoms with Crippen LogP contribution in [-0.4, -0.2) is 85.6 Å². The van der Waals surface area contributed by atoms with E-state index in [1.807, 2.05) is 16.2 Å². The first-order valence-corrected chi connectivity index (χ1v) is 11.1. The van der Waals surface area contributed by atoms with Gasteiger partial charge in [-0.05, 0) is 29.2 Å². The van der Waals surface area contributed by atoms with Gasteiger partial charge in [0.1, 0.15) is 0 Å². The molecule has 0 saturated carbocycles. The average molecular weight is 465 g/mol. The van der Waals surface area contributed by atoms with Gasteiger partial charge in [-0.3, -0.25) is 9.69 Å². The molecule has 0 spiro atoms. The van der Waals surface area contributed by atoms with E-state index in [0.29, 0.717) is 37.4 Å². The highest BCUT2D eigenvalue weighted by Gasteiger charge is 2.42. The first-order valence-electron chi connectivity index (χ1n) is 10.2. The number of thiophene rings is 1. The maximum atomic E-state index is 12.6. The van der Waals surface area contributed by atoms with Crippen LogP contribution in [0.25, 0.3) is 0 Å². The van der Waals surface area contributed by atoms with Gasteiger partial charge in [0.25, 0.3) is 0 Å². The van der Waals surface area contributed by atoms with Crippen molar-refractivity contribution in [2.45, 2.75) is 19.1 Å². The quantitative estimate of drug-likeness (QED) is 0.737. The van der Waals surface area contributed by atoms with E-state index in [4.69, 9.17) is 19.4 Å². The Hall–Kier alpha value is -1.69. The summed E-state index contributed by atoms with van der Waals surface area (Å²) in [5.41, 5.74) is 0. The summed E-state index contributed by atoms with van der Waals surface area (Å²) in [5, 5.41) is 9.27. The minimum absolute atomic E-state index is 0.282. The highest BCUT2D eigenvalue weighted by atomic mass is 32.1. The molecule has 0 unspecified atom stereocenters. The predicted molar refractivity (Wildman–Crippen MR) is 107 cm³/mol. The molecule has 1 N–H and O–H groups in total. The van der Waals surface area contributed by atoms with E-state index in [-0.39, 0.29) is 5.91 Å². The number of carboxylic acid groups (broad SMARTS) is 1. The average Bonchev–Trinajstić information content (AvgIpc) is 3.38. The lowest BCUT2D eigenvalue weighted by Crippen LogP contribution is -2.44. The summed E-state index contributed by atoms with van der Waals surface area (Å²) < 4.78 is 42.9.